The third-order valence-electron chi connectivity index (χ3n) is 3.67. The Hall–Kier alpha value is -1.45. The fraction of sp³-hybridized carbons (Fsp3) is 0.389. The van der Waals surface area contributed by atoms with Gasteiger partial charge in [0.05, 0.1) is 0 Å². The molecule has 2 aromatic rings. The van der Waals surface area contributed by atoms with E-state index in [4.69, 9.17) is 0 Å². The van der Waals surface area contributed by atoms with Gasteiger partial charge in [0.15, 0.2) is 5.78 Å². The highest BCUT2D eigenvalue weighted by molar-refractivity contribution is 7.09. The molecule has 0 unspecified atom stereocenters. The minimum atomic E-state index is 0.229. The fourth-order valence-electron chi connectivity index (χ4n) is 2.25. The standard InChI is InChI=1S/C18H23NOS/c1-14(2)19(13-17-5-4-12-21-17)11-10-18(20)16-8-6-15(3)7-9-16/h4-9,12,14H,10-11,13H2,1-3H3. The quantitative estimate of drug-likeness (QED) is 0.700. The number of hydrogen-bond donors (Lipinski definition) is 0. The third kappa shape index (κ3) is 4.80. The van der Waals surface area contributed by atoms with Gasteiger partial charge in [-0.25, -0.2) is 0 Å². The average molecular weight is 301 g/mol. The number of ketones is 1. The summed E-state index contributed by atoms with van der Waals surface area (Å²) in [6, 6.07) is 12.5. The van der Waals surface area contributed by atoms with E-state index in [0.29, 0.717) is 12.5 Å². The molecule has 112 valence electrons. The number of benzene rings is 1. The molecule has 0 aliphatic rings. The van der Waals surface area contributed by atoms with E-state index in [-0.39, 0.29) is 5.78 Å². The summed E-state index contributed by atoms with van der Waals surface area (Å²) in [5.41, 5.74) is 2.01. The molecule has 0 aliphatic carbocycles. The van der Waals surface area contributed by atoms with E-state index in [0.717, 1.165) is 18.7 Å². The van der Waals surface area contributed by atoms with Crippen LogP contribution in [0.5, 0.6) is 0 Å². The molecule has 0 atom stereocenters. The second-order valence-corrected chi connectivity index (χ2v) is 6.72. The Morgan fingerprint density at radius 2 is 1.90 bits per heavy atom. The first kappa shape index (κ1) is 15.9. The van der Waals surface area contributed by atoms with Crippen molar-refractivity contribution in [1.29, 1.82) is 0 Å². The molecule has 1 aromatic heterocycles. The largest absolute Gasteiger partial charge is 0.295 e. The number of aryl methyl sites for hydroxylation is 1. The first-order valence-electron chi connectivity index (χ1n) is 7.42. The number of rotatable bonds is 7. The van der Waals surface area contributed by atoms with Crippen LogP contribution < -0.4 is 0 Å². The van der Waals surface area contributed by atoms with Gasteiger partial charge in [-0.15, -0.1) is 11.3 Å². The number of carbonyl (C=O) groups excluding carboxylic acids is 1. The molecule has 0 saturated carbocycles. The summed E-state index contributed by atoms with van der Waals surface area (Å²) >= 11 is 1.77. The van der Waals surface area contributed by atoms with Crippen LogP contribution in [-0.2, 0) is 6.54 Å². The van der Waals surface area contributed by atoms with Gasteiger partial charge >= 0.3 is 0 Å². The second kappa shape index (κ2) is 7.53. The minimum Gasteiger partial charge on any atom is -0.295 e. The molecule has 0 fully saturated rings. The number of hydrogen-bond acceptors (Lipinski definition) is 3. The molecular formula is C18H23NOS. The molecule has 0 amide bonds. The van der Waals surface area contributed by atoms with Crippen LogP contribution in [0.25, 0.3) is 0 Å². The summed E-state index contributed by atoms with van der Waals surface area (Å²) in [7, 11) is 0. The zero-order valence-electron chi connectivity index (χ0n) is 13.0. The topological polar surface area (TPSA) is 20.3 Å². The van der Waals surface area contributed by atoms with Crippen molar-refractivity contribution < 1.29 is 4.79 Å². The Balaban J connectivity index is 1.92. The molecule has 0 spiro atoms. The molecule has 0 bridgehead atoms. The molecule has 0 radical (unpaired) electrons. The van der Waals surface area contributed by atoms with Gasteiger partial charge in [-0.2, -0.15) is 0 Å². The van der Waals surface area contributed by atoms with Gasteiger partial charge in [-0.1, -0.05) is 35.9 Å². The van der Waals surface area contributed by atoms with Gasteiger partial charge in [0.25, 0.3) is 0 Å². The maximum atomic E-state index is 12.3. The zero-order chi connectivity index (χ0) is 15.2. The first-order chi connectivity index (χ1) is 10.1. The van der Waals surface area contributed by atoms with Crippen LogP contribution in [0.3, 0.4) is 0 Å². The Labute approximate surface area is 131 Å². The van der Waals surface area contributed by atoms with E-state index in [1.54, 1.807) is 11.3 Å². The lowest BCUT2D eigenvalue weighted by Gasteiger charge is -2.25. The van der Waals surface area contributed by atoms with Crippen LogP contribution in [0.4, 0.5) is 0 Å². The van der Waals surface area contributed by atoms with Gasteiger partial charge in [-0.05, 0) is 32.2 Å². The van der Waals surface area contributed by atoms with E-state index >= 15 is 0 Å². The van der Waals surface area contributed by atoms with E-state index in [2.05, 4.69) is 36.3 Å². The van der Waals surface area contributed by atoms with E-state index in [9.17, 15) is 4.79 Å². The van der Waals surface area contributed by atoms with Crippen LogP contribution in [0, 0.1) is 6.92 Å². The maximum Gasteiger partial charge on any atom is 0.164 e. The van der Waals surface area contributed by atoms with Crippen molar-refractivity contribution in [3.05, 3.63) is 57.8 Å². The molecule has 0 aliphatic heterocycles. The van der Waals surface area contributed by atoms with Crippen LogP contribution in [0.15, 0.2) is 41.8 Å². The molecule has 1 heterocycles. The van der Waals surface area contributed by atoms with Gasteiger partial charge in [0.1, 0.15) is 0 Å². The molecule has 21 heavy (non-hydrogen) atoms. The van der Waals surface area contributed by atoms with Gasteiger partial charge in [0, 0.05) is 36.0 Å². The number of Topliss-reactive ketones (excluding diaryl/α,β-unsaturated/α-hetero) is 1. The Morgan fingerprint density at radius 3 is 2.48 bits per heavy atom. The summed E-state index contributed by atoms with van der Waals surface area (Å²) < 4.78 is 0. The predicted molar refractivity (Wildman–Crippen MR) is 90.0 cm³/mol. The summed E-state index contributed by atoms with van der Waals surface area (Å²) in [5, 5.41) is 2.10. The van der Waals surface area contributed by atoms with Crippen LogP contribution in [-0.4, -0.2) is 23.3 Å². The second-order valence-electron chi connectivity index (χ2n) is 5.68. The average Bonchev–Trinajstić information content (AvgIpc) is 2.96. The molecule has 3 heteroatoms. The Kier molecular flexibility index (Phi) is 5.71. The third-order valence-corrected chi connectivity index (χ3v) is 4.53. The lowest BCUT2D eigenvalue weighted by Crippen LogP contribution is -2.32. The highest BCUT2D eigenvalue weighted by Gasteiger charge is 2.13. The Bertz CT molecular complexity index is 557. The smallest absolute Gasteiger partial charge is 0.164 e. The van der Waals surface area contributed by atoms with Crippen molar-refractivity contribution in [1.82, 2.24) is 4.90 Å². The maximum absolute atomic E-state index is 12.3. The molecule has 2 rings (SSSR count). The van der Waals surface area contributed by atoms with Crippen LogP contribution >= 0.6 is 11.3 Å². The monoisotopic (exact) mass is 301 g/mol. The highest BCUT2D eigenvalue weighted by Crippen LogP contribution is 2.15. The fourth-order valence-corrected chi connectivity index (χ4v) is 2.98. The van der Waals surface area contributed by atoms with E-state index in [1.807, 2.05) is 31.2 Å². The van der Waals surface area contributed by atoms with Crippen molar-refractivity contribution >= 4 is 17.1 Å². The summed E-state index contributed by atoms with van der Waals surface area (Å²) in [6.45, 7) is 8.14. The SMILES string of the molecule is Cc1ccc(C(=O)CCN(Cc2cccs2)C(C)C)cc1. The van der Waals surface area contributed by atoms with E-state index in [1.165, 1.54) is 10.4 Å². The van der Waals surface area contributed by atoms with Crippen LogP contribution in [0.1, 0.15) is 41.1 Å². The first-order valence-corrected chi connectivity index (χ1v) is 8.30. The predicted octanol–water partition coefficient (Wildman–Crippen LogP) is 4.54. The van der Waals surface area contributed by atoms with Crippen molar-refractivity contribution in [2.45, 2.75) is 39.8 Å². The molecule has 0 N–H and O–H groups in total. The lowest BCUT2D eigenvalue weighted by molar-refractivity contribution is 0.0953. The molecule has 1 aromatic carbocycles. The Morgan fingerprint density at radius 1 is 1.19 bits per heavy atom. The molecule has 2 nitrogen and oxygen atoms in total. The van der Waals surface area contributed by atoms with Gasteiger partial charge < -0.3 is 0 Å². The van der Waals surface area contributed by atoms with Crippen LogP contribution in [0.2, 0.25) is 0 Å². The lowest BCUT2D eigenvalue weighted by atomic mass is 10.1. The van der Waals surface area contributed by atoms with Crippen molar-refractivity contribution in [3.8, 4) is 0 Å². The number of carbonyl (C=O) groups is 1. The number of nitrogens with zero attached hydrogens (tertiary/aromatic N) is 1. The molecular weight excluding hydrogens is 278 g/mol. The van der Waals surface area contributed by atoms with Gasteiger partial charge in [0.2, 0.25) is 0 Å². The summed E-state index contributed by atoms with van der Waals surface area (Å²) in [6.07, 6.45) is 0.576. The molecule has 0 saturated heterocycles. The number of thiophene rings is 1. The normalized spacial score (nSPS) is 11.3. The minimum absolute atomic E-state index is 0.229. The zero-order valence-corrected chi connectivity index (χ0v) is 13.8. The van der Waals surface area contributed by atoms with Crippen molar-refractivity contribution in [2.24, 2.45) is 0 Å². The summed E-state index contributed by atoms with van der Waals surface area (Å²) in [4.78, 5) is 16.0. The van der Waals surface area contributed by atoms with E-state index < -0.39 is 0 Å². The summed E-state index contributed by atoms with van der Waals surface area (Å²) in [5.74, 6) is 0.229. The highest BCUT2D eigenvalue weighted by atomic mass is 32.1. The van der Waals surface area contributed by atoms with Gasteiger partial charge in [-0.3, -0.25) is 9.69 Å². The van der Waals surface area contributed by atoms with Crippen molar-refractivity contribution in [3.63, 3.8) is 0 Å². The van der Waals surface area contributed by atoms with Crippen molar-refractivity contribution in [2.75, 3.05) is 6.54 Å².